The minimum Gasteiger partial charge on any atom is -0.508 e. The van der Waals surface area contributed by atoms with Crippen LogP contribution >= 0.6 is 11.8 Å². The van der Waals surface area contributed by atoms with Crippen molar-refractivity contribution in [1.82, 2.24) is 14.5 Å². The van der Waals surface area contributed by atoms with E-state index in [4.69, 9.17) is 4.98 Å². The highest BCUT2D eigenvalue weighted by molar-refractivity contribution is 7.99. The molecule has 0 bridgehead atoms. The van der Waals surface area contributed by atoms with Crippen LogP contribution in [0.4, 0.5) is 0 Å². The molecule has 0 spiro atoms. The molecule has 0 radical (unpaired) electrons. The van der Waals surface area contributed by atoms with Gasteiger partial charge in [0.05, 0.1) is 5.69 Å². The SMILES string of the molecule is O=c1c(Cc2ccccc2)nc2c(Sc3ccc(O)cc3)[nH]c(-c3ccccc3)cn1-2. The molecule has 0 atom stereocenters. The summed E-state index contributed by atoms with van der Waals surface area (Å²) in [6.45, 7) is 0. The second kappa shape index (κ2) is 8.16. The molecule has 3 aromatic carbocycles. The summed E-state index contributed by atoms with van der Waals surface area (Å²) in [4.78, 5) is 22.3. The number of phenols is 1. The molecule has 5 rings (SSSR count). The van der Waals surface area contributed by atoms with Crippen LogP contribution in [0.5, 0.6) is 5.75 Å². The quantitative estimate of drug-likeness (QED) is 0.410. The molecular weight excluding hydrogens is 406 g/mol. The summed E-state index contributed by atoms with van der Waals surface area (Å²) in [5, 5.41) is 10.4. The van der Waals surface area contributed by atoms with E-state index in [0.717, 1.165) is 26.7 Å². The lowest BCUT2D eigenvalue weighted by molar-refractivity contribution is 0.475. The van der Waals surface area contributed by atoms with E-state index >= 15 is 0 Å². The Balaban J connectivity index is 1.64. The van der Waals surface area contributed by atoms with Gasteiger partial charge in [-0.2, -0.15) is 0 Å². The molecular formula is C25H19N3O2S. The summed E-state index contributed by atoms with van der Waals surface area (Å²) in [5.74, 6) is 0.804. The first kappa shape index (κ1) is 19.2. The van der Waals surface area contributed by atoms with Gasteiger partial charge in [-0.05, 0) is 35.4 Å². The molecule has 3 aromatic rings. The van der Waals surface area contributed by atoms with Crippen LogP contribution in [-0.4, -0.2) is 19.6 Å². The molecule has 152 valence electrons. The van der Waals surface area contributed by atoms with E-state index in [-0.39, 0.29) is 11.3 Å². The second-order valence-corrected chi connectivity index (χ2v) is 8.26. The van der Waals surface area contributed by atoms with Gasteiger partial charge in [-0.15, -0.1) is 0 Å². The smallest absolute Gasteiger partial charge is 0.278 e. The maximum Gasteiger partial charge on any atom is 0.278 e. The minimum atomic E-state index is -0.113. The van der Waals surface area contributed by atoms with Crippen molar-refractivity contribution in [2.75, 3.05) is 0 Å². The zero-order valence-electron chi connectivity index (χ0n) is 16.5. The van der Waals surface area contributed by atoms with Gasteiger partial charge in [0.25, 0.3) is 5.56 Å². The Kier molecular flexibility index (Phi) is 5.06. The van der Waals surface area contributed by atoms with Gasteiger partial charge in [0, 0.05) is 17.5 Å². The molecule has 31 heavy (non-hydrogen) atoms. The molecule has 2 aliphatic rings. The molecule has 6 heteroatoms. The van der Waals surface area contributed by atoms with Crippen LogP contribution in [0.3, 0.4) is 0 Å². The highest BCUT2D eigenvalue weighted by atomic mass is 32.2. The van der Waals surface area contributed by atoms with Gasteiger partial charge in [-0.1, -0.05) is 72.4 Å². The van der Waals surface area contributed by atoms with Crippen molar-refractivity contribution in [3.05, 3.63) is 113 Å². The van der Waals surface area contributed by atoms with Crippen molar-refractivity contribution in [1.29, 1.82) is 0 Å². The number of aromatic nitrogens is 3. The fourth-order valence-corrected chi connectivity index (χ4v) is 4.36. The van der Waals surface area contributed by atoms with Gasteiger partial charge in [0.15, 0.2) is 5.82 Å². The van der Waals surface area contributed by atoms with E-state index in [1.165, 1.54) is 11.8 Å². The molecule has 0 unspecified atom stereocenters. The summed E-state index contributed by atoms with van der Waals surface area (Å²) < 4.78 is 1.62. The number of benzene rings is 3. The van der Waals surface area contributed by atoms with Gasteiger partial charge >= 0.3 is 0 Å². The van der Waals surface area contributed by atoms with E-state index in [1.54, 1.807) is 16.7 Å². The summed E-state index contributed by atoms with van der Waals surface area (Å²) in [5.41, 5.74) is 3.25. The van der Waals surface area contributed by atoms with Crippen LogP contribution < -0.4 is 5.56 Å². The highest BCUT2D eigenvalue weighted by Gasteiger charge is 2.21. The van der Waals surface area contributed by atoms with E-state index in [1.807, 2.05) is 79.0 Å². The Morgan fingerprint density at radius 1 is 0.903 bits per heavy atom. The molecule has 0 saturated heterocycles. The Labute approximate surface area is 183 Å². The van der Waals surface area contributed by atoms with Gasteiger partial charge < -0.3 is 10.1 Å². The number of H-pyrrole nitrogens is 1. The standard InChI is InChI=1S/C25H19N3O2S/c29-19-11-13-20(14-12-19)31-24-23-26-21(15-17-7-3-1-4-8-17)25(30)28(23)16-22(27-24)18-9-5-2-6-10-18/h1-14,16,27,29H,15H2. The van der Waals surface area contributed by atoms with Crippen molar-refractivity contribution in [2.45, 2.75) is 16.3 Å². The fourth-order valence-electron chi connectivity index (χ4n) is 3.46. The molecule has 0 saturated carbocycles. The molecule has 2 aliphatic heterocycles. The number of hydrogen-bond donors (Lipinski definition) is 2. The first-order valence-corrected chi connectivity index (χ1v) is 10.7. The molecule has 0 aliphatic carbocycles. The lowest BCUT2D eigenvalue weighted by atomic mass is 10.1. The Morgan fingerprint density at radius 2 is 1.58 bits per heavy atom. The summed E-state index contributed by atoms with van der Waals surface area (Å²) in [7, 11) is 0. The number of phenolic OH excluding ortho intramolecular Hbond substituents is 1. The van der Waals surface area contributed by atoms with Crippen LogP contribution in [-0.2, 0) is 6.42 Å². The lowest BCUT2D eigenvalue weighted by Gasteiger charge is -2.12. The molecule has 2 heterocycles. The number of aromatic hydroxyl groups is 1. The molecule has 5 nitrogen and oxygen atoms in total. The van der Waals surface area contributed by atoms with Gasteiger partial charge in [0.1, 0.15) is 16.5 Å². The number of nitrogens with zero attached hydrogens (tertiary/aromatic N) is 2. The van der Waals surface area contributed by atoms with Crippen LogP contribution in [0.25, 0.3) is 17.1 Å². The third kappa shape index (κ3) is 3.98. The van der Waals surface area contributed by atoms with Crippen LogP contribution in [0.15, 0.2) is 106 Å². The average Bonchev–Trinajstić information content (AvgIpc) is 3.12. The molecule has 0 amide bonds. The maximum atomic E-state index is 13.2. The zero-order valence-corrected chi connectivity index (χ0v) is 17.3. The number of hydrogen-bond acceptors (Lipinski definition) is 4. The first-order chi connectivity index (χ1) is 15.2. The summed E-state index contributed by atoms with van der Waals surface area (Å²) in [6, 6.07) is 26.7. The largest absolute Gasteiger partial charge is 0.508 e. The predicted molar refractivity (Wildman–Crippen MR) is 122 cm³/mol. The molecule has 0 aromatic heterocycles. The van der Waals surface area contributed by atoms with Gasteiger partial charge in [-0.3, -0.25) is 9.36 Å². The van der Waals surface area contributed by atoms with Crippen molar-refractivity contribution in [3.63, 3.8) is 0 Å². The van der Waals surface area contributed by atoms with E-state index in [9.17, 15) is 9.90 Å². The van der Waals surface area contributed by atoms with Gasteiger partial charge in [-0.25, -0.2) is 4.98 Å². The maximum absolute atomic E-state index is 13.2. The van der Waals surface area contributed by atoms with E-state index < -0.39 is 0 Å². The van der Waals surface area contributed by atoms with Crippen LogP contribution in [0, 0.1) is 0 Å². The lowest BCUT2D eigenvalue weighted by Crippen LogP contribution is -2.16. The summed E-state index contributed by atoms with van der Waals surface area (Å²) >= 11 is 1.47. The fraction of sp³-hybridized carbons (Fsp3) is 0.0400. The normalized spacial score (nSPS) is 11.1. The third-order valence-electron chi connectivity index (χ3n) is 5.00. The second-order valence-electron chi connectivity index (χ2n) is 7.18. The third-order valence-corrected chi connectivity index (χ3v) is 6.00. The summed E-state index contributed by atoms with van der Waals surface area (Å²) in [6.07, 6.45) is 2.29. The average molecular weight is 426 g/mol. The number of aromatic amines is 1. The predicted octanol–water partition coefficient (Wildman–Crippen LogP) is 5.11. The monoisotopic (exact) mass is 425 g/mol. The van der Waals surface area contributed by atoms with Crippen molar-refractivity contribution >= 4 is 11.8 Å². The molecule has 2 N–H and O–H groups in total. The van der Waals surface area contributed by atoms with Gasteiger partial charge in [0.2, 0.25) is 0 Å². The first-order valence-electron chi connectivity index (χ1n) is 9.88. The van der Waals surface area contributed by atoms with Crippen LogP contribution in [0.1, 0.15) is 11.3 Å². The number of nitrogens with one attached hydrogen (secondary N) is 1. The number of rotatable bonds is 5. The van der Waals surface area contributed by atoms with Crippen molar-refractivity contribution in [3.8, 4) is 22.8 Å². The van der Waals surface area contributed by atoms with Crippen molar-refractivity contribution in [2.24, 2.45) is 0 Å². The van der Waals surface area contributed by atoms with E-state index in [2.05, 4.69) is 4.98 Å². The Bertz CT molecular complexity index is 1340. The Morgan fingerprint density at radius 3 is 2.29 bits per heavy atom. The van der Waals surface area contributed by atoms with Crippen molar-refractivity contribution < 1.29 is 5.11 Å². The highest BCUT2D eigenvalue weighted by Crippen LogP contribution is 2.33. The zero-order chi connectivity index (χ0) is 21.2. The molecule has 0 fully saturated rings. The topological polar surface area (TPSA) is 70.9 Å². The minimum absolute atomic E-state index is 0.113. The number of imidazole rings is 1. The van der Waals surface area contributed by atoms with E-state index in [0.29, 0.717) is 17.9 Å². The Hall–Kier alpha value is -3.77. The van der Waals surface area contributed by atoms with Crippen LogP contribution in [0.2, 0.25) is 0 Å². The number of fused-ring (bicyclic) bond motifs is 1.